The quantitative estimate of drug-likeness (QED) is 0.438. The first-order valence-electron chi connectivity index (χ1n) is 8.38. The maximum Gasteiger partial charge on any atom is 0.342 e. The largest absolute Gasteiger partial charge is 0.496 e. The molecule has 0 bridgehead atoms. The highest BCUT2D eigenvalue weighted by molar-refractivity contribution is 7.98. The minimum Gasteiger partial charge on any atom is -0.496 e. The van der Waals surface area contributed by atoms with Crippen molar-refractivity contribution in [2.75, 3.05) is 13.4 Å². The molecule has 0 saturated carbocycles. The topological polar surface area (TPSA) is 85.5 Å². The van der Waals surface area contributed by atoms with E-state index in [9.17, 15) is 14.4 Å². The molecule has 7 heteroatoms. The van der Waals surface area contributed by atoms with Crippen molar-refractivity contribution in [3.05, 3.63) is 46.3 Å². The molecule has 0 aliphatic heterocycles. The van der Waals surface area contributed by atoms with Gasteiger partial charge in [0.1, 0.15) is 11.3 Å². The summed E-state index contributed by atoms with van der Waals surface area (Å²) in [6.07, 6.45) is 0.905. The number of benzene rings is 1. The zero-order chi connectivity index (χ0) is 20.3. The molecule has 1 aromatic heterocycles. The maximum atomic E-state index is 12.7. The molecule has 0 unspecified atom stereocenters. The summed E-state index contributed by atoms with van der Waals surface area (Å²) in [5.41, 5.74) is 2.21. The monoisotopic (exact) mass is 389 g/mol. The van der Waals surface area contributed by atoms with Crippen LogP contribution in [0, 0.1) is 13.8 Å². The zero-order valence-electron chi connectivity index (χ0n) is 16.3. The Balaban J connectivity index is 2.23. The molecule has 27 heavy (non-hydrogen) atoms. The number of hydrogen-bond acceptors (Lipinski definition) is 6. The van der Waals surface area contributed by atoms with E-state index < -0.39 is 17.9 Å². The SMILES string of the molecule is COc1cc(SC)ccc1C(=O)O[C@@H](C)C(=O)c1[nH]c(C)c(C(C)=O)c1C. The second kappa shape index (κ2) is 8.43. The van der Waals surface area contributed by atoms with Crippen molar-refractivity contribution in [3.63, 3.8) is 0 Å². The van der Waals surface area contributed by atoms with Gasteiger partial charge in [-0.25, -0.2) is 4.79 Å². The average molecular weight is 389 g/mol. The molecule has 144 valence electrons. The third-order valence-corrected chi connectivity index (χ3v) is 5.04. The third-order valence-electron chi connectivity index (χ3n) is 4.32. The lowest BCUT2D eigenvalue weighted by Crippen LogP contribution is -2.25. The number of methoxy groups -OCH3 is 1. The van der Waals surface area contributed by atoms with Gasteiger partial charge in [-0.1, -0.05) is 0 Å². The Kier molecular flexibility index (Phi) is 6.49. The average Bonchev–Trinajstić information content (AvgIpc) is 2.94. The van der Waals surface area contributed by atoms with Crippen molar-refractivity contribution < 1.29 is 23.9 Å². The molecule has 6 nitrogen and oxygen atoms in total. The number of Topliss-reactive ketones (excluding diaryl/α,β-unsaturated/α-hetero) is 2. The van der Waals surface area contributed by atoms with E-state index in [-0.39, 0.29) is 17.0 Å². The Labute approximate surface area is 162 Å². The number of aryl methyl sites for hydroxylation is 1. The van der Waals surface area contributed by atoms with E-state index in [0.717, 1.165) is 4.90 Å². The lowest BCUT2D eigenvalue weighted by atomic mass is 10.0. The number of H-pyrrole nitrogens is 1. The fourth-order valence-electron chi connectivity index (χ4n) is 2.97. The van der Waals surface area contributed by atoms with Crippen molar-refractivity contribution >= 4 is 29.3 Å². The van der Waals surface area contributed by atoms with Crippen LogP contribution >= 0.6 is 11.8 Å². The number of carbonyl (C=O) groups excluding carboxylic acids is 3. The highest BCUT2D eigenvalue weighted by Crippen LogP contribution is 2.27. The molecule has 0 aliphatic carbocycles. The first kappa shape index (κ1) is 20.8. The molecule has 0 amide bonds. The highest BCUT2D eigenvalue weighted by atomic mass is 32.2. The van der Waals surface area contributed by atoms with Gasteiger partial charge in [0.2, 0.25) is 5.78 Å². The Morgan fingerprint density at radius 3 is 2.37 bits per heavy atom. The molecule has 1 heterocycles. The van der Waals surface area contributed by atoms with E-state index in [0.29, 0.717) is 22.6 Å². The van der Waals surface area contributed by atoms with E-state index in [1.54, 1.807) is 32.0 Å². The Morgan fingerprint density at radius 1 is 1.19 bits per heavy atom. The molecule has 2 aromatic rings. The second-order valence-electron chi connectivity index (χ2n) is 6.16. The van der Waals surface area contributed by atoms with Gasteiger partial charge in [0.05, 0.1) is 12.8 Å². The van der Waals surface area contributed by atoms with Crippen molar-refractivity contribution in [2.45, 2.75) is 38.7 Å². The molecule has 0 spiro atoms. The van der Waals surface area contributed by atoms with Crippen LogP contribution in [-0.2, 0) is 4.74 Å². The van der Waals surface area contributed by atoms with Gasteiger partial charge >= 0.3 is 5.97 Å². The van der Waals surface area contributed by atoms with Gasteiger partial charge in [0, 0.05) is 16.2 Å². The standard InChI is InChI=1S/C20H23NO5S/c1-10-17(12(3)22)11(2)21-18(10)19(23)13(4)26-20(24)15-8-7-14(27-6)9-16(15)25-5/h7-9,13,21H,1-6H3/t13-/m0/s1. The second-order valence-corrected chi connectivity index (χ2v) is 7.04. The molecule has 1 aromatic carbocycles. The summed E-state index contributed by atoms with van der Waals surface area (Å²) in [4.78, 5) is 40.9. The van der Waals surface area contributed by atoms with Gasteiger partial charge in [0.15, 0.2) is 11.9 Å². The smallest absolute Gasteiger partial charge is 0.342 e. The van der Waals surface area contributed by atoms with Crippen LogP contribution in [0.5, 0.6) is 5.75 Å². The summed E-state index contributed by atoms with van der Waals surface area (Å²) >= 11 is 1.52. The van der Waals surface area contributed by atoms with Crippen LogP contribution < -0.4 is 4.74 Å². The molecule has 1 atom stereocenters. The van der Waals surface area contributed by atoms with Crippen molar-refractivity contribution in [2.24, 2.45) is 0 Å². The Bertz CT molecular complexity index is 900. The number of hydrogen-bond donors (Lipinski definition) is 1. The molecule has 0 fully saturated rings. The van der Waals surface area contributed by atoms with Crippen LogP contribution in [0.1, 0.15) is 56.3 Å². The number of ketones is 2. The van der Waals surface area contributed by atoms with E-state index >= 15 is 0 Å². The van der Waals surface area contributed by atoms with Crippen molar-refractivity contribution in [3.8, 4) is 5.75 Å². The van der Waals surface area contributed by atoms with Crippen LogP contribution in [0.3, 0.4) is 0 Å². The van der Waals surface area contributed by atoms with E-state index in [1.165, 1.54) is 32.7 Å². The predicted molar refractivity (Wildman–Crippen MR) is 104 cm³/mol. The van der Waals surface area contributed by atoms with Gasteiger partial charge in [0.25, 0.3) is 0 Å². The van der Waals surface area contributed by atoms with Crippen LogP contribution in [0.2, 0.25) is 0 Å². The molecule has 0 radical (unpaired) electrons. The fourth-order valence-corrected chi connectivity index (χ4v) is 3.40. The fraction of sp³-hybridized carbons (Fsp3) is 0.350. The van der Waals surface area contributed by atoms with E-state index in [2.05, 4.69) is 4.98 Å². The van der Waals surface area contributed by atoms with Crippen LogP contribution in [0.4, 0.5) is 0 Å². The normalized spacial score (nSPS) is 11.8. The van der Waals surface area contributed by atoms with E-state index in [4.69, 9.17) is 9.47 Å². The van der Waals surface area contributed by atoms with Gasteiger partial charge in [-0.3, -0.25) is 9.59 Å². The number of carbonyl (C=O) groups is 3. The first-order valence-corrected chi connectivity index (χ1v) is 9.61. The summed E-state index contributed by atoms with van der Waals surface area (Å²) in [5.74, 6) is -0.773. The number of aromatic amines is 1. The third kappa shape index (κ3) is 4.24. The molecule has 0 saturated heterocycles. The van der Waals surface area contributed by atoms with Gasteiger partial charge in [-0.05, 0) is 57.7 Å². The van der Waals surface area contributed by atoms with Crippen LogP contribution in [0.15, 0.2) is 23.1 Å². The lowest BCUT2D eigenvalue weighted by molar-refractivity contribution is 0.0314. The zero-order valence-corrected chi connectivity index (χ0v) is 17.1. The highest BCUT2D eigenvalue weighted by Gasteiger charge is 2.27. The first-order chi connectivity index (χ1) is 12.7. The summed E-state index contributed by atoms with van der Waals surface area (Å²) in [7, 11) is 1.47. The number of rotatable bonds is 7. The van der Waals surface area contributed by atoms with E-state index in [1.807, 2.05) is 6.26 Å². The summed E-state index contributed by atoms with van der Waals surface area (Å²) in [6, 6.07) is 5.14. The number of nitrogens with one attached hydrogen (secondary N) is 1. The van der Waals surface area contributed by atoms with Crippen molar-refractivity contribution in [1.29, 1.82) is 0 Å². The summed E-state index contributed by atoms with van der Waals surface area (Å²) in [5, 5.41) is 0. The molecule has 2 rings (SSSR count). The van der Waals surface area contributed by atoms with Gasteiger partial charge in [-0.15, -0.1) is 11.8 Å². The van der Waals surface area contributed by atoms with Crippen LogP contribution in [-0.4, -0.2) is 42.0 Å². The number of esters is 1. The minimum absolute atomic E-state index is 0.122. The predicted octanol–water partition coefficient (Wildman–Crippen LogP) is 3.99. The summed E-state index contributed by atoms with van der Waals surface area (Å²) < 4.78 is 10.6. The maximum absolute atomic E-state index is 12.7. The van der Waals surface area contributed by atoms with Gasteiger partial charge in [-0.2, -0.15) is 0 Å². The molecular formula is C20H23NO5S. The Hall–Kier alpha value is -2.54. The summed E-state index contributed by atoms with van der Waals surface area (Å²) in [6.45, 7) is 6.39. The minimum atomic E-state index is -1.01. The van der Waals surface area contributed by atoms with Gasteiger partial charge < -0.3 is 14.5 Å². The number of ether oxygens (including phenoxy) is 2. The Morgan fingerprint density at radius 2 is 1.85 bits per heavy atom. The van der Waals surface area contributed by atoms with Crippen LogP contribution in [0.25, 0.3) is 0 Å². The lowest BCUT2D eigenvalue weighted by Gasteiger charge is -2.14. The number of aromatic nitrogens is 1. The number of thioether (sulfide) groups is 1. The molecule has 1 N–H and O–H groups in total. The molecular weight excluding hydrogens is 366 g/mol. The van der Waals surface area contributed by atoms with Crippen molar-refractivity contribution in [1.82, 2.24) is 4.98 Å². The molecule has 0 aliphatic rings.